The number of hydrogen-bond acceptors (Lipinski definition) is 6. The first kappa shape index (κ1) is 10.8. The number of hydrogen-bond donors (Lipinski definition) is 2. The van der Waals surface area contributed by atoms with E-state index in [9.17, 15) is 5.11 Å². The van der Waals surface area contributed by atoms with Crippen molar-refractivity contribution in [2.45, 2.75) is 25.3 Å². The Labute approximate surface area is 92.7 Å². The van der Waals surface area contributed by atoms with Gasteiger partial charge in [0.2, 0.25) is 5.13 Å². The van der Waals surface area contributed by atoms with Crippen LogP contribution in [0.5, 0.6) is 0 Å². The van der Waals surface area contributed by atoms with Crippen molar-refractivity contribution in [2.75, 3.05) is 25.1 Å². The Hall–Kier alpha value is -0.720. The molecule has 0 saturated carbocycles. The maximum Gasteiger partial charge on any atom is 0.203 e. The Balaban J connectivity index is 2.06. The number of rotatable bonds is 3. The Kier molecular flexibility index (Phi) is 3.18. The van der Waals surface area contributed by atoms with Gasteiger partial charge < -0.3 is 15.2 Å². The van der Waals surface area contributed by atoms with Crippen LogP contribution in [0.3, 0.4) is 0 Å². The molecule has 1 fully saturated rings. The largest absolute Gasteiger partial charge is 0.394 e. The van der Waals surface area contributed by atoms with E-state index in [0.29, 0.717) is 13.2 Å². The minimum absolute atomic E-state index is 0.106. The van der Waals surface area contributed by atoms with Crippen LogP contribution < -0.4 is 5.32 Å². The van der Waals surface area contributed by atoms with E-state index in [1.54, 1.807) is 0 Å². The summed E-state index contributed by atoms with van der Waals surface area (Å²) in [4.78, 5) is 4.24. The van der Waals surface area contributed by atoms with E-state index in [-0.39, 0.29) is 12.1 Å². The summed E-state index contributed by atoms with van der Waals surface area (Å²) in [6, 6.07) is 0. The number of nitrogens with zero attached hydrogens (tertiary/aromatic N) is 2. The van der Waals surface area contributed by atoms with Gasteiger partial charge in [-0.2, -0.15) is 4.37 Å². The second-order valence-electron chi connectivity index (χ2n) is 3.82. The highest BCUT2D eigenvalue weighted by Crippen LogP contribution is 2.26. The van der Waals surface area contributed by atoms with Crippen molar-refractivity contribution in [2.24, 2.45) is 0 Å². The molecule has 0 atom stereocenters. The summed E-state index contributed by atoms with van der Waals surface area (Å²) in [5.41, 5.74) is -0.274. The monoisotopic (exact) mass is 229 g/mol. The molecule has 2 N–H and O–H groups in total. The van der Waals surface area contributed by atoms with Crippen LogP contribution in [0.2, 0.25) is 0 Å². The molecule has 0 aliphatic carbocycles. The lowest BCUT2D eigenvalue weighted by Crippen LogP contribution is -2.46. The van der Waals surface area contributed by atoms with Crippen molar-refractivity contribution < 1.29 is 9.84 Å². The molecule has 0 aromatic carbocycles. The Morgan fingerprint density at radius 1 is 1.53 bits per heavy atom. The van der Waals surface area contributed by atoms with Gasteiger partial charge in [0, 0.05) is 24.7 Å². The van der Waals surface area contributed by atoms with Gasteiger partial charge >= 0.3 is 0 Å². The molecule has 84 valence electrons. The molecule has 0 amide bonds. The lowest BCUT2D eigenvalue weighted by Gasteiger charge is -2.35. The highest BCUT2D eigenvalue weighted by Gasteiger charge is 2.32. The predicted molar refractivity (Wildman–Crippen MR) is 58.1 cm³/mol. The molecule has 1 aliphatic heterocycles. The maximum atomic E-state index is 9.45. The smallest absolute Gasteiger partial charge is 0.203 e. The third-order valence-electron chi connectivity index (χ3n) is 2.65. The van der Waals surface area contributed by atoms with Gasteiger partial charge in [-0.3, -0.25) is 0 Å². The zero-order chi connectivity index (χ0) is 10.7. The van der Waals surface area contributed by atoms with Crippen LogP contribution in [0.25, 0.3) is 0 Å². The lowest BCUT2D eigenvalue weighted by atomic mass is 9.91. The average Bonchev–Trinajstić information content (AvgIpc) is 2.65. The molecule has 15 heavy (non-hydrogen) atoms. The topological polar surface area (TPSA) is 67.3 Å². The molecule has 6 heteroatoms. The SMILES string of the molecule is Cc1nsc(NC2(CO)CCOCC2)n1. The van der Waals surface area contributed by atoms with Gasteiger partial charge in [-0.25, -0.2) is 4.98 Å². The summed E-state index contributed by atoms with van der Waals surface area (Å²) >= 11 is 1.33. The van der Waals surface area contributed by atoms with Gasteiger partial charge in [-0.15, -0.1) is 0 Å². The molecule has 2 heterocycles. The number of ether oxygens (including phenoxy) is 1. The molecule has 1 saturated heterocycles. The fourth-order valence-corrected chi connectivity index (χ4v) is 2.35. The molecular weight excluding hydrogens is 214 g/mol. The molecule has 1 aromatic rings. The van der Waals surface area contributed by atoms with E-state index in [2.05, 4.69) is 14.7 Å². The zero-order valence-corrected chi connectivity index (χ0v) is 9.51. The Bertz CT molecular complexity index is 323. The van der Waals surface area contributed by atoms with Gasteiger partial charge in [-0.05, 0) is 19.8 Å². The fraction of sp³-hybridized carbons (Fsp3) is 0.778. The summed E-state index contributed by atoms with van der Waals surface area (Å²) in [7, 11) is 0. The van der Waals surface area contributed by atoms with Crippen LogP contribution in [0.4, 0.5) is 5.13 Å². The number of aliphatic hydroxyl groups excluding tert-OH is 1. The third kappa shape index (κ3) is 2.45. The molecule has 1 aliphatic rings. The summed E-state index contributed by atoms with van der Waals surface area (Å²) in [6.45, 7) is 3.34. The number of aryl methyl sites for hydroxylation is 1. The van der Waals surface area contributed by atoms with Crippen LogP contribution in [-0.4, -0.2) is 39.8 Å². The predicted octanol–water partition coefficient (Wildman–Crippen LogP) is 0.800. The summed E-state index contributed by atoms with van der Waals surface area (Å²) in [6.07, 6.45) is 1.62. The maximum absolute atomic E-state index is 9.45. The quantitative estimate of drug-likeness (QED) is 0.802. The molecule has 5 nitrogen and oxygen atoms in total. The van der Waals surface area contributed by atoms with E-state index in [4.69, 9.17) is 4.74 Å². The molecule has 2 rings (SSSR count). The van der Waals surface area contributed by atoms with Crippen molar-refractivity contribution in [3.63, 3.8) is 0 Å². The van der Waals surface area contributed by atoms with E-state index < -0.39 is 0 Å². The van der Waals surface area contributed by atoms with Crippen LogP contribution in [-0.2, 0) is 4.74 Å². The van der Waals surface area contributed by atoms with Crippen molar-refractivity contribution in [1.82, 2.24) is 9.36 Å². The van der Waals surface area contributed by atoms with Gasteiger partial charge in [0.1, 0.15) is 5.82 Å². The van der Waals surface area contributed by atoms with Crippen molar-refractivity contribution in [3.05, 3.63) is 5.82 Å². The first-order chi connectivity index (χ1) is 7.24. The molecule has 0 spiro atoms. The standard InChI is InChI=1S/C9H15N3O2S/c1-7-10-8(15-12-7)11-9(6-13)2-4-14-5-3-9/h13H,2-6H2,1H3,(H,10,11,12). The molecule has 0 bridgehead atoms. The van der Waals surface area contributed by atoms with Crippen LogP contribution in [0, 0.1) is 6.92 Å². The van der Waals surface area contributed by atoms with Crippen molar-refractivity contribution in [1.29, 1.82) is 0 Å². The second-order valence-corrected chi connectivity index (χ2v) is 4.57. The van der Waals surface area contributed by atoms with Gasteiger partial charge in [-0.1, -0.05) is 0 Å². The first-order valence-corrected chi connectivity index (χ1v) is 5.79. The number of anilines is 1. The second kappa shape index (κ2) is 4.42. The fourth-order valence-electron chi connectivity index (χ4n) is 1.66. The van der Waals surface area contributed by atoms with E-state index in [1.165, 1.54) is 11.5 Å². The highest BCUT2D eigenvalue weighted by molar-refractivity contribution is 7.09. The van der Waals surface area contributed by atoms with E-state index >= 15 is 0 Å². The molecule has 1 aromatic heterocycles. The average molecular weight is 229 g/mol. The number of aromatic nitrogens is 2. The highest BCUT2D eigenvalue weighted by atomic mass is 32.1. The minimum Gasteiger partial charge on any atom is -0.394 e. The van der Waals surface area contributed by atoms with Crippen LogP contribution in [0.1, 0.15) is 18.7 Å². The van der Waals surface area contributed by atoms with Gasteiger partial charge in [0.05, 0.1) is 12.1 Å². The molecular formula is C9H15N3O2S. The minimum atomic E-state index is -0.274. The van der Waals surface area contributed by atoms with E-state index in [0.717, 1.165) is 23.8 Å². The summed E-state index contributed by atoms with van der Waals surface area (Å²) in [5, 5.41) is 13.5. The Morgan fingerprint density at radius 3 is 2.80 bits per heavy atom. The normalized spacial score (nSPS) is 20.1. The van der Waals surface area contributed by atoms with E-state index in [1.807, 2.05) is 6.92 Å². The van der Waals surface area contributed by atoms with Gasteiger partial charge in [0.25, 0.3) is 0 Å². The lowest BCUT2D eigenvalue weighted by molar-refractivity contribution is 0.0380. The van der Waals surface area contributed by atoms with Crippen LogP contribution in [0.15, 0.2) is 0 Å². The van der Waals surface area contributed by atoms with Crippen molar-refractivity contribution >= 4 is 16.7 Å². The Morgan fingerprint density at radius 2 is 2.27 bits per heavy atom. The van der Waals surface area contributed by atoms with Crippen molar-refractivity contribution in [3.8, 4) is 0 Å². The van der Waals surface area contributed by atoms with Gasteiger partial charge in [0.15, 0.2) is 0 Å². The third-order valence-corrected chi connectivity index (χ3v) is 3.37. The molecule has 0 unspecified atom stereocenters. The summed E-state index contributed by atoms with van der Waals surface area (Å²) < 4.78 is 9.39. The summed E-state index contributed by atoms with van der Waals surface area (Å²) in [5.74, 6) is 0.766. The first-order valence-electron chi connectivity index (χ1n) is 5.01. The zero-order valence-electron chi connectivity index (χ0n) is 8.69. The number of aliphatic hydroxyl groups is 1. The van der Waals surface area contributed by atoms with Crippen LogP contribution >= 0.6 is 11.5 Å². The molecule has 0 radical (unpaired) electrons. The number of nitrogens with one attached hydrogen (secondary N) is 1.